The Morgan fingerprint density at radius 1 is 1.40 bits per heavy atom. The number of halogens is 1. The van der Waals surface area contributed by atoms with Crippen molar-refractivity contribution in [3.63, 3.8) is 0 Å². The van der Waals surface area contributed by atoms with Crippen LogP contribution in [0.25, 0.3) is 0 Å². The minimum Gasteiger partial charge on any atom is -0.492 e. The number of para-hydroxylation sites is 1. The summed E-state index contributed by atoms with van der Waals surface area (Å²) in [5, 5.41) is 0. The maximum absolute atomic E-state index is 11.0. The Morgan fingerprint density at radius 3 is 2.80 bits per heavy atom. The number of benzene rings is 1. The first kappa shape index (κ1) is 12.0. The highest BCUT2D eigenvalue weighted by molar-refractivity contribution is 9.10. The SMILES string of the molecule is CCOC(=O)CCOc1ccccc1Br. The van der Waals surface area contributed by atoms with Gasteiger partial charge < -0.3 is 9.47 Å². The molecule has 1 aromatic carbocycles. The molecule has 3 nitrogen and oxygen atoms in total. The van der Waals surface area contributed by atoms with Gasteiger partial charge in [-0.25, -0.2) is 0 Å². The first-order valence-corrected chi connectivity index (χ1v) is 5.56. The van der Waals surface area contributed by atoms with Gasteiger partial charge >= 0.3 is 5.97 Å². The number of hydrogen-bond donors (Lipinski definition) is 0. The monoisotopic (exact) mass is 272 g/mol. The van der Waals surface area contributed by atoms with E-state index in [1.807, 2.05) is 24.3 Å². The van der Waals surface area contributed by atoms with Gasteiger partial charge in [0.25, 0.3) is 0 Å². The van der Waals surface area contributed by atoms with E-state index in [-0.39, 0.29) is 12.4 Å². The predicted octanol–water partition coefficient (Wildman–Crippen LogP) is 2.78. The molecule has 15 heavy (non-hydrogen) atoms. The number of carbonyl (C=O) groups excluding carboxylic acids is 1. The van der Waals surface area contributed by atoms with Crippen LogP contribution in [0.5, 0.6) is 5.75 Å². The van der Waals surface area contributed by atoms with Crippen molar-refractivity contribution in [1.82, 2.24) is 0 Å². The first-order valence-electron chi connectivity index (χ1n) is 4.77. The van der Waals surface area contributed by atoms with Crippen LogP contribution < -0.4 is 4.74 Å². The summed E-state index contributed by atoms with van der Waals surface area (Å²) in [4.78, 5) is 11.0. The summed E-state index contributed by atoms with van der Waals surface area (Å²) >= 11 is 3.35. The maximum Gasteiger partial charge on any atom is 0.309 e. The number of carbonyl (C=O) groups is 1. The minimum atomic E-state index is -0.232. The Kier molecular flexibility index (Phi) is 5.18. The third-order valence-electron chi connectivity index (χ3n) is 1.71. The number of esters is 1. The summed E-state index contributed by atoms with van der Waals surface area (Å²) in [6.07, 6.45) is 0.273. The number of ether oxygens (including phenoxy) is 2. The molecule has 0 saturated carbocycles. The molecular weight excluding hydrogens is 260 g/mol. The third kappa shape index (κ3) is 4.34. The lowest BCUT2D eigenvalue weighted by Gasteiger charge is -2.07. The molecule has 0 spiro atoms. The average molecular weight is 273 g/mol. The molecule has 0 aliphatic carbocycles. The molecule has 82 valence electrons. The van der Waals surface area contributed by atoms with Crippen LogP contribution in [0.15, 0.2) is 28.7 Å². The molecule has 1 aromatic rings. The zero-order valence-electron chi connectivity index (χ0n) is 8.53. The molecule has 0 amide bonds. The van der Waals surface area contributed by atoms with Crippen molar-refractivity contribution in [2.24, 2.45) is 0 Å². The molecule has 0 bridgehead atoms. The quantitative estimate of drug-likeness (QED) is 0.774. The molecule has 0 aromatic heterocycles. The van der Waals surface area contributed by atoms with Crippen molar-refractivity contribution in [2.75, 3.05) is 13.2 Å². The molecule has 0 radical (unpaired) electrons. The Labute approximate surface area is 97.5 Å². The molecule has 0 saturated heterocycles. The van der Waals surface area contributed by atoms with Crippen LogP contribution in [0.4, 0.5) is 0 Å². The molecular formula is C11H13BrO3. The van der Waals surface area contributed by atoms with E-state index in [1.54, 1.807) is 6.92 Å². The summed E-state index contributed by atoms with van der Waals surface area (Å²) in [6.45, 7) is 2.53. The maximum atomic E-state index is 11.0. The Hall–Kier alpha value is -1.03. The van der Waals surface area contributed by atoms with Gasteiger partial charge in [0.1, 0.15) is 5.75 Å². The van der Waals surface area contributed by atoms with Crippen LogP contribution in [-0.4, -0.2) is 19.2 Å². The second-order valence-electron chi connectivity index (χ2n) is 2.83. The fraction of sp³-hybridized carbons (Fsp3) is 0.364. The fourth-order valence-electron chi connectivity index (χ4n) is 1.04. The Bertz CT molecular complexity index is 325. The number of hydrogen-bond acceptors (Lipinski definition) is 3. The van der Waals surface area contributed by atoms with E-state index in [1.165, 1.54) is 0 Å². The third-order valence-corrected chi connectivity index (χ3v) is 2.36. The van der Waals surface area contributed by atoms with Crippen molar-refractivity contribution >= 4 is 21.9 Å². The summed E-state index contributed by atoms with van der Waals surface area (Å²) in [6, 6.07) is 7.52. The zero-order chi connectivity index (χ0) is 11.1. The molecule has 1 rings (SSSR count). The average Bonchev–Trinajstić information content (AvgIpc) is 2.21. The van der Waals surface area contributed by atoms with Crippen molar-refractivity contribution in [3.05, 3.63) is 28.7 Å². The van der Waals surface area contributed by atoms with E-state index in [0.717, 1.165) is 10.2 Å². The van der Waals surface area contributed by atoms with Gasteiger partial charge in [0.05, 0.1) is 24.1 Å². The van der Waals surface area contributed by atoms with Gasteiger partial charge in [0, 0.05) is 0 Å². The topological polar surface area (TPSA) is 35.5 Å². The van der Waals surface area contributed by atoms with Gasteiger partial charge in [-0.3, -0.25) is 4.79 Å². The van der Waals surface area contributed by atoms with Gasteiger partial charge in [-0.2, -0.15) is 0 Å². The fourth-order valence-corrected chi connectivity index (χ4v) is 1.44. The van der Waals surface area contributed by atoms with Gasteiger partial charge in [-0.1, -0.05) is 12.1 Å². The van der Waals surface area contributed by atoms with Crippen LogP contribution in [0.2, 0.25) is 0 Å². The van der Waals surface area contributed by atoms with Crippen molar-refractivity contribution in [1.29, 1.82) is 0 Å². The normalized spacial score (nSPS) is 9.73. The van der Waals surface area contributed by atoms with E-state index in [4.69, 9.17) is 9.47 Å². The lowest BCUT2D eigenvalue weighted by atomic mass is 10.3. The van der Waals surface area contributed by atoms with Crippen LogP contribution >= 0.6 is 15.9 Å². The van der Waals surface area contributed by atoms with Gasteiger partial charge in [-0.05, 0) is 35.0 Å². The van der Waals surface area contributed by atoms with Crippen LogP contribution in [-0.2, 0) is 9.53 Å². The van der Waals surface area contributed by atoms with Gasteiger partial charge in [0.15, 0.2) is 0 Å². The van der Waals surface area contributed by atoms with Gasteiger partial charge in [0.2, 0.25) is 0 Å². The van der Waals surface area contributed by atoms with Gasteiger partial charge in [-0.15, -0.1) is 0 Å². The summed E-state index contributed by atoms with van der Waals surface area (Å²) < 4.78 is 11.1. The molecule has 0 heterocycles. The molecule has 4 heteroatoms. The lowest BCUT2D eigenvalue weighted by Crippen LogP contribution is -2.09. The second-order valence-corrected chi connectivity index (χ2v) is 3.69. The highest BCUT2D eigenvalue weighted by Crippen LogP contribution is 2.23. The summed E-state index contributed by atoms with van der Waals surface area (Å²) in [5.41, 5.74) is 0. The summed E-state index contributed by atoms with van der Waals surface area (Å²) in [5.74, 6) is 0.506. The predicted molar refractivity (Wildman–Crippen MR) is 60.9 cm³/mol. The smallest absolute Gasteiger partial charge is 0.309 e. The van der Waals surface area contributed by atoms with E-state index >= 15 is 0 Å². The first-order chi connectivity index (χ1) is 7.24. The zero-order valence-corrected chi connectivity index (χ0v) is 10.1. The lowest BCUT2D eigenvalue weighted by molar-refractivity contribution is -0.143. The van der Waals surface area contributed by atoms with E-state index in [9.17, 15) is 4.79 Å². The van der Waals surface area contributed by atoms with E-state index < -0.39 is 0 Å². The highest BCUT2D eigenvalue weighted by Gasteiger charge is 2.03. The molecule has 0 fully saturated rings. The molecule has 0 atom stereocenters. The standard InChI is InChI=1S/C11H13BrO3/c1-2-14-11(13)7-8-15-10-6-4-3-5-9(10)12/h3-6H,2,7-8H2,1H3. The van der Waals surface area contributed by atoms with Crippen molar-refractivity contribution in [3.8, 4) is 5.75 Å². The second kappa shape index (κ2) is 6.45. The summed E-state index contributed by atoms with van der Waals surface area (Å²) in [7, 11) is 0. The van der Waals surface area contributed by atoms with E-state index in [2.05, 4.69) is 15.9 Å². The van der Waals surface area contributed by atoms with Crippen molar-refractivity contribution in [2.45, 2.75) is 13.3 Å². The molecule has 0 unspecified atom stereocenters. The van der Waals surface area contributed by atoms with Crippen molar-refractivity contribution < 1.29 is 14.3 Å². The molecule has 0 aliphatic heterocycles. The van der Waals surface area contributed by atoms with E-state index in [0.29, 0.717) is 13.2 Å². The largest absolute Gasteiger partial charge is 0.492 e. The van der Waals surface area contributed by atoms with Crippen LogP contribution in [0, 0.1) is 0 Å². The minimum absolute atomic E-state index is 0.232. The van der Waals surface area contributed by atoms with Crippen LogP contribution in [0.1, 0.15) is 13.3 Å². The highest BCUT2D eigenvalue weighted by atomic mass is 79.9. The number of rotatable bonds is 5. The van der Waals surface area contributed by atoms with Crippen LogP contribution in [0.3, 0.4) is 0 Å². The molecule has 0 aliphatic rings. The Morgan fingerprint density at radius 2 is 2.13 bits per heavy atom. The molecule has 0 N–H and O–H groups in total. The Balaban J connectivity index is 2.32.